The molecule has 2 aliphatic rings. The Balaban J connectivity index is 1.76. The summed E-state index contributed by atoms with van der Waals surface area (Å²) in [5.41, 5.74) is 4.14. The summed E-state index contributed by atoms with van der Waals surface area (Å²) in [6.45, 7) is 2.14. The number of aryl methyl sites for hydroxylation is 2. The van der Waals surface area contributed by atoms with E-state index in [0.29, 0.717) is 6.04 Å². The van der Waals surface area contributed by atoms with Crippen LogP contribution in [0, 0.1) is 0 Å². The highest BCUT2D eigenvalue weighted by molar-refractivity contribution is 7.99. The third kappa shape index (κ3) is 2.87. The molecule has 0 unspecified atom stereocenters. The van der Waals surface area contributed by atoms with E-state index in [1.54, 1.807) is 23.1 Å². The van der Waals surface area contributed by atoms with E-state index in [1.165, 1.54) is 40.8 Å². The molecule has 5 rings (SSSR count). The molecule has 0 spiro atoms. The summed E-state index contributed by atoms with van der Waals surface area (Å²) in [4.78, 5) is 20.9. The molecule has 1 saturated carbocycles. The van der Waals surface area contributed by atoms with Crippen LogP contribution in [0.25, 0.3) is 20.7 Å². The van der Waals surface area contributed by atoms with Crippen LogP contribution >= 0.6 is 23.1 Å². The fraction of sp³-hybridized carbons (Fsp3) is 0.455. The highest BCUT2D eigenvalue weighted by Crippen LogP contribution is 2.43. The van der Waals surface area contributed by atoms with Crippen LogP contribution in [0.4, 0.5) is 0 Å². The van der Waals surface area contributed by atoms with Crippen LogP contribution in [0.1, 0.15) is 56.2 Å². The van der Waals surface area contributed by atoms with Crippen LogP contribution in [0.15, 0.2) is 34.2 Å². The van der Waals surface area contributed by atoms with Crippen molar-refractivity contribution in [3.63, 3.8) is 0 Å². The molecule has 140 valence electrons. The maximum Gasteiger partial charge on any atom is 0.263 e. The van der Waals surface area contributed by atoms with Gasteiger partial charge < -0.3 is 0 Å². The van der Waals surface area contributed by atoms with Gasteiger partial charge in [-0.3, -0.25) is 9.36 Å². The summed E-state index contributed by atoms with van der Waals surface area (Å²) in [6, 6.07) is 8.95. The second-order valence-electron chi connectivity index (χ2n) is 7.54. The summed E-state index contributed by atoms with van der Waals surface area (Å²) in [5.74, 6) is 0.943. The Morgan fingerprint density at radius 2 is 2.00 bits per heavy atom. The third-order valence-electron chi connectivity index (χ3n) is 5.94. The molecular weight excluding hydrogens is 372 g/mol. The average molecular weight is 397 g/mol. The summed E-state index contributed by atoms with van der Waals surface area (Å²) in [6.07, 6.45) is 7.93. The summed E-state index contributed by atoms with van der Waals surface area (Å²) < 4.78 is 2.06. The zero-order chi connectivity index (χ0) is 18.4. The van der Waals surface area contributed by atoms with Crippen molar-refractivity contribution in [1.82, 2.24) is 9.55 Å². The Hall–Kier alpha value is -1.59. The lowest BCUT2D eigenvalue weighted by Gasteiger charge is -2.26. The molecule has 0 saturated heterocycles. The topological polar surface area (TPSA) is 34.9 Å². The van der Waals surface area contributed by atoms with E-state index in [-0.39, 0.29) is 5.56 Å². The number of thioether (sulfide) groups is 1. The molecule has 27 heavy (non-hydrogen) atoms. The lowest BCUT2D eigenvalue weighted by Crippen LogP contribution is -2.29. The van der Waals surface area contributed by atoms with Crippen LogP contribution < -0.4 is 5.56 Å². The molecule has 5 heteroatoms. The Kier molecular flexibility index (Phi) is 4.60. The van der Waals surface area contributed by atoms with Crippen LogP contribution in [-0.4, -0.2) is 15.3 Å². The summed E-state index contributed by atoms with van der Waals surface area (Å²) in [7, 11) is 0. The molecule has 2 heterocycles. The minimum atomic E-state index is 0.208. The fourth-order valence-electron chi connectivity index (χ4n) is 4.67. The van der Waals surface area contributed by atoms with Gasteiger partial charge >= 0.3 is 0 Å². The quantitative estimate of drug-likeness (QED) is 0.412. The van der Waals surface area contributed by atoms with Gasteiger partial charge in [-0.25, -0.2) is 4.98 Å². The number of fused-ring (bicyclic) bond motifs is 5. The fourth-order valence-corrected chi connectivity index (χ4v) is 6.78. The van der Waals surface area contributed by atoms with Gasteiger partial charge in [0, 0.05) is 10.9 Å². The van der Waals surface area contributed by atoms with Crippen molar-refractivity contribution in [2.45, 2.75) is 63.1 Å². The lowest BCUT2D eigenvalue weighted by atomic mass is 9.90. The van der Waals surface area contributed by atoms with Gasteiger partial charge in [0.2, 0.25) is 0 Å². The van der Waals surface area contributed by atoms with Gasteiger partial charge in [-0.15, -0.1) is 11.3 Å². The van der Waals surface area contributed by atoms with E-state index in [4.69, 9.17) is 4.98 Å². The average Bonchev–Trinajstić information content (AvgIpc) is 3.08. The molecule has 0 amide bonds. The molecule has 0 aliphatic heterocycles. The third-order valence-corrected chi connectivity index (χ3v) is 7.94. The second-order valence-corrected chi connectivity index (χ2v) is 9.77. The number of benzene rings is 1. The largest absolute Gasteiger partial charge is 0.284 e. The first-order chi connectivity index (χ1) is 13.3. The normalized spacial score (nSPS) is 17.1. The van der Waals surface area contributed by atoms with Crippen molar-refractivity contribution in [3.05, 3.63) is 45.7 Å². The first-order valence-electron chi connectivity index (χ1n) is 10.1. The van der Waals surface area contributed by atoms with Gasteiger partial charge in [0.05, 0.1) is 5.39 Å². The van der Waals surface area contributed by atoms with Crippen molar-refractivity contribution in [2.75, 3.05) is 5.75 Å². The first-order valence-corrected chi connectivity index (χ1v) is 11.9. The van der Waals surface area contributed by atoms with Crippen LogP contribution in [-0.2, 0) is 12.8 Å². The van der Waals surface area contributed by atoms with Gasteiger partial charge in [0.1, 0.15) is 4.83 Å². The molecule has 2 aromatic heterocycles. The van der Waals surface area contributed by atoms with Crippen molar-refractivity contribution >= 4 is 33.3 Å². The predicted octanol–water partition coefficient (Wildman–Crippen LogP) is 5.84. The van der Waals surface area contributed by atoms with E-state index < -0.39 is 0 Å². The number of thiophene rings is 1. The van der Waals surface area contributed by atoms with Crippen molar-refractivity contribution in [1.29, 1.82) is 0 Å². The van der Waals surface area contributed by atoms with Gasteiger partial charge in [-0.1, -0.05) is 62.2 Å². The van der Waals surface area contributed by atoms with Crippen LogP contribution in [0.2, 0.25) is 0 Å². The molecule has 0 atom stereocenters. The Morgan fingerprint density at radius 3 is 2.81 bits per heavy atom. The van der Waals surface area contributed by atoms with Crippen LogP contribution in [0.5, 0.6) is 0 Å². The molecule has 1 aromatic carbocycles. The molecule has 3 nitrogen and oxygen atoms in total. The summed E-state index contributed by atoms with van der Waals surface area (Å²) >= 11 is 3.43. The van der Waals surface area contributed by atoms with Crippen molar-refractivity contribution < 1.29 is 0 Å². The van der Waals surface area contributed by atoms with E-state index in [0.717, 1.165) is 46.8 Å². The smallest absolute Gasteiger partial charge is 0.263 e. The molecule has 1 fully saturated rings. The molecule has 3 aromatic rings. The van der Waals surface area contributed by atoms with Gasteiger partial charge in [0.25, 0.3) is 5.56 Å². The minimum Gasteiger partial charge on any atom is -0.284 e. The SMILES string of the molecule is CCSc1nc2sc3c(c2c(=O)n1C1CCCCC1)CCc1ccccc1-3. The Labute approximate surface area is 167 Å². The van der Waals surface area contributed by atoms with E-state index >= 15 is 0 Å². The highest BCUT2D eigenvalue weighted by atomic mass is 32.2. The van der Waals surface area contributed by atoms with E-state index in [9.17, 15) is 4.79 Å². The summed E-state index contributed by atoms with van der Waals surface area (Å²) in [5, 5.41) is 1.82. The maximum atomic E-state index is 13.7. The van der Waals surface area contributed by atoms with Crippen LogP contribution in [0.3, 0.4) is 0 Å². The highest BCUT2D eigenvalue weighted by Gasteiger charge is 2.27. The van der Waals surface area contributed by atoms with Gasteiger partial charge in [0.15, 0.2) is 5.16 Å². The first kappa shape index (κ1) is 17.5. The maximum absolute atomic E-state index is 13.7. The molecule has 2 aliphatic carbocycles. The number of aromatic nitrogens is 2. The minimum absolute atomic E-state index is 0.208. The molecule has 0 N–H and O–H groups in total. The van der Waals surface area contributed by atoms with Crippen molar-refractivity contribution in [2.24, 2.45) is 0 Å². The number of hydrogen-bond acceptors (Lipinski definition) is 4. The van der Waals surface area contributed by atoms with Crippen molar-refractivity contribution in [3.8, 4) is 10.4 Å². The molecule has 0 radical (unpaired) electrons. The molecule has 0 bridgehead atoms. The monoisotopic (exact) mass is 396 g/mol. The molecular formula is C22H24N2OS2. The second kappa shape index (κ2) is 7.10. The van der Waals surface area contributed by atoms with E-state index in [1.807, 2.05) is 0 Å². The number of hydrogen-bond donors (Lipinski definition) is 0. The lowest BCUT2D eigenvalue weighted by molar-refractivity contribution is 0.326. The van der Waals surface area contributed by atoms with E-state index in [2.05, 4.69) is 35.8 Å². The predicted molar refractivity (Wildman–Crippen MR) is 115 cm³/mol. The Bertz CT molecular complexity index is 1060. The zero-order valence-corrected chi connectivity index (χ0v) is 17.3. The van der Waals surface area contributed by atoms with Gasteiger partial charge in [-0.05, 0) is 48.1 Å². The zero-order valence-electron chi connectivity index (χ0n) is 15.7. The number of rotatable bonds is 3. The van der Waals surface area contributed by atoms with Gasteiger partial charge in [-0.2, -0.15) is 0 Å². The standard InChI is InChI=1S/C22H24N2OS2/c1-2-26-22-23-20-18(21(25)24(22)15-9-4-3-5-10-15)17-13-12-14-8-6-7-11-16(14)19(17)27-20/h6-8,11,15H,2-5,9-10,12-13H2,1H3. The number of nitrogens with zero attached hydrogens (tertiary/aromatic N) is 2. The Morgan fingerprint density at radius 1 is 1.19 bits per heavy atom.